The van der Waals surface area contributed by atoms with Crippen molar-refractivity contribution in [3.8, 4) is 0 Å². The smallest absolute Gasteiger partial charge is 0.123 e. The zero-order chi connectivity index (χ0) is 18.4. The summed E-state index contributed by atoms with van der Waals surface area (Å²) in [5.74, 6) is 0.741. The first-order valence-corrected chi connectivity index (χ1v) is 9.48. The predicted octanol–water partition coefficient (Wildman–Crippen LogP) is 5.62. The zero-order valence-electron chi connectivity index (χ0n) is 15.7. The average Bonchev–Trinajstić information content (AvgIpc) is 2.63. The molecular formula is C23H28FNO. The van der Waals surface area contributed by atoms with Crippen LogP contribution in [0, 0.1) is 11.7 Å². The molecule has 0 radical (unpaired) electrons. The van der Waals surface area contributed by atoms with Crippen LogP contribution in [0.5, 0.6) is 0 Å². The molecule has 1 aliphatic heterocycles. The SMILES string of the molecule is CC1(C)CC(C(CCN=Cc2ccccc2)c2ccc(F)cc2)CCO1. The summed E-state index contributed by atoms with van der Waals surface area (Å²) in [6, 6.07) is 17.2. The van der Waals surface area contributed by atoms with Crippen LogP contribution in [0.15, 0.2) is 59.6 Å². The highest BCUT2D eigenvalue weighted by atomic mass is 19.1. The number of benzene rings is 2. The molecule has 3 heteroatoms. The summed E-state index contributed by atoms with van der Waals surface area (Å²) in [7, 11) is 0. The second-order valence-electron chi connectivity index (χ2n) is 7.75. The Labute approximate surface area is 156 Å². The van der Waals surface area contributed by atoms with Gasteiger partial charge in [-0.2, -0.15) is 0 Å². The van der Waals surface area contributed by atoms with Gasteiger partial charge >= 0.3 is 0 Å². The molecule has 1 fully saturated rings. The lowest BCUT2D eigenvalue weighted by Gasteiger charge is -2.39. The first kappa shape index (κ1) is 18.8. The number of nitrogens with zero attached hydrogens (tertiary/aromatic N) is 1. The quantitative estimate of drug-likeness (QED) is 0.617. The number of hydrogen-bond acceptors (Lipinski definition) is 2. The number of halogens is 1. The molecule has 0 aromatic heterocycles. The minimum atomic E-state index is -0.179. The first-order chi connectivity index (χ1) is 12.5. The first-order valence-electron chi connectivity index (χ1n) is 9.48. The summed E-state index contributed by atoms with van der Waals surface area (Å²) < 4.78 is 19.3. The third-order valence-electron chi connectivity index (χ3n) is 5.21. The molecule has 1 saturated heterocycles. The van der Waals surface area contributed by atoms with Crippen molar-refractivity contribution >= 4 is 6.21 Å². The molecule has 0 amide bonds. The molecule has 26 heavy (non-hydrogen) atoms. The fraction of sp³-hybridized carbons (Fsp3) is 0.435. The van der Waals surface area contributed by atoms with E-state index in [0.29, 0.717) is 11.8 Å². The van der Waals surface area contributed by atoms with Gasteiger partial charge in [0.15, 0.2) is 0 Å². The van der Waals surface area contributed by atoms with Gasteiger partial charge in [-0.1, -0.05) is 42.5 Å². The Bertz CT molecular complexity index is 709. The number of rotatable bonds is 6. The lowest BCUT2D eigenvalue weighted by Crippen LogP contribution is -2.36. The topological polar surface area (TPSA) is 21.6 Å². The van der Waals surface area contributed by atoms with Crippen LogP contribution in [-0.2, 0) is 4.74 Å². The Morgan fingerprint density at radius 2 is 1.88 bits per heavy atom. The van der Waals surface area contributed by atoms with Crippen LogP contribution in [-0.4, -0.2) is 25.0 Å². The van der Waals surface area contributed by atoms with Gasteiger partial charge in [0, 0.05) is 19.4 Å². The number of ether oxygens (including phenoxy) is 1. The second kappa shape index (κ2) is 8.59. The zero-order valence-corrected chi connectivity index (χ0v) is 15.7. The summed E-state index contributed by atoms with van der Waals surface area (Å²) in [5.41, 5.74) is 2.25. The lowest BCUT2D eigenvalue weighted by atomic mass is 9.75. The lowest BCUT2D eigenvalue weighted by molar-refractivity contribution is -0.0771. The van der Waals surface area contributed by atoms with Gasteiger partial charge in [0.05, 0.1) is 5.60 Å². The highest BCUT2D eigenvalue weighted by molar-refractivity contribution is 5.79. The Balaban J connectivity index is 1.70. The van der Waals surface area contributed by atoms with Gasteiger partial charge in [0.25, 0.3) is 0 Å². The van der Waals surface area contributed by atoms with Gasteiger partial charge in [-0.15, -0.1) is 0 Å². The minimum Gasteiger partial charge on any atom is -0.376 e. The molecule has 0 bridgehead atoms. The third-order valence-corrected chi connectivity index (χ3v) is 5.21. The van der Waals surface area contributed by atoms with Crippen LogP contribution in [0.3, 0.4) is 0 Å². The largest absolute Gasteiger partial charge is 0.376 e. The normalized spacial score (nSPS) is 21.0. The van der Waals surface area contributed by atoms with E-state index in [4.69, 9.17) is 4.74 Å². The monoisotopic (exact) mass is 353 g/mol. The molecular weight excluding hydrogens is 325 g/mol. The number of aliphatic imine (C=N–C) groups is 1. The molecule has 0 N–H and O–H groups in total. The minimum absolute atomic E-state index is 0.0888. The molecule has 2 aromatic rings. The van der Waals surface area contributed by atoms with Crippen LogP contribution >= 0.6 is 0 Å². The van der Waals surface area contributed by atoms with Crippen LogP contribution in [0.4, 0.5) is 4.39 Å². The van der Waals surface area contributed by atoms with Crippen LogP contribution in [0.1, 0.15) is 50.2 Å². The van der Waals surface area contributed by atoms with Crippen molar-refractivity contribution in [1.82, 2.24) is 0 Å². The molecule has 3 rings (SSSR count). The maximum atomic E-state index is 13.4. The molecule has 2 aromatic carbocycles. The molecule has 0 aliphatic carbocycles. The third kappa shape index (κ3) is 5.25. The summed E-state index contributed by atoms with van der Waals surface area (Å²) >= 11 is 0. The Hall–Kier alpha value is -2.00. The number of hydrogen-bond donors (Lipinski definition) is 0. The fourth-order valence-electron chi connectivity index (χ4n) is 3.93. The van der Waals surface area contributed by atoms with Crippen molar-refractivity contribution in [3.63, 3.8) is 0 Å². The Kier molecular flexibility index (Phi) is 6.20. The fourth-order valence-corrected chi connectivity index (χ4v) is 3.93. The van der Waals surface area contributed by atoms with Crippen molar-refractivity contribution in [2.45, 2.75) is 44.6 Å². The van der Waals surface area contributed by atoms with E-state index in [1.807, 2.05) is 36.5 Å². The molecule has 1 heterocycles. The summed E-state index contributed by atoms with van der Waals surface area (Å²) in [6.45, 7) is 5.89. The van der Waals surface area contributed by atoms with Crippen LogP contribution in [0.2, 0.25) is 0 Å². The van der Waals surface area contributed by atoms with Crippen LogP contribution < -0.4 is 0 Å². The van der Waals surface area contributed by atoms with Crippen molar-refractivity contribution in [2.75, 3.05) is 13.2 Å². The summed E-state index contributed by atoms with van der Waals surface area (Å²) in [5, 5.41) is 0. The summed E-state index contributed by atoms with van der Waals surface area (Å²) in [4.78, 5) is 4.63. The predicted molar refractivity (Wildman–Crippen MR) is 105 cm³/mol. The van der Waals surface area contributed by atoms with E-state index in [1.165, 1.54) is 5.56 Å². The standard InChI is InChI=1S/C23H28FNO/c1-23(2)16-20(13-15-26-23)22(19-8-10-21(24)11-9-19)12-14-25-17-18-6-4-3-5-7-18/h3-11,17,20,22H,12-16H2,1-2H3. The Morgan fingerprint density at radius 3 is 2.58 bits per heavy atom. The highest BCUT2D eigenvalue weighted by Crippen LogP contribution is 2.40. The molecule has 0 saturated carbocycles. The van der Waals surface area contributed by atoms with Crippen LogP contribution in [0.25, 0.3) is 0 Å². The van der Waals surface area contributed by atoms with Gasteiger partial charge in [0.2, 0.25) is 0 Å². The Morgan fingerprint density at radius 1 is 1.15 bits per heavy atom. The van der Waals surface area contributed by atoms with E-state index in [-0.39, 0.29) is 11.4 Å². The van der Waals surface area contributed by atoms with E-state index >= 15 is 0 Å². The van der Waals surface area contributed by atoms with Gasteiger partial charge in [0.1, 0.15) is 5.82 Å². The molecule has 1 aliphatic rings. The molecule has 2 atom stereocenters. The second-order valence-corrected chi connectivity index (χ2v) is 7.75. The average molecular weight is 353 g/mol. The molecule has 2 nitrogen and oxygen atoms in total. The van der Waals surface area contributed by atoms with Gasteiger partial charge in [-0.25, -0.2) is 4.39 Å². The van der Waals surface area contributed by atoms with E-state index in [9.17, 15) is 4.39 Å². The van der Waals surface area contributed by atoms with Gasteiger partial charge in [-0.05, 0) is 68.2 Å². The van der Waals surface area contributed by atoms with Crippen molar-refractivity contribution in [1.29, 1.82) is 0 Å². The highest BCUT2D eigenvalue weighted by Gasteiger charge is 2.33. The van der Waals surface area contributed by atoms with E-state index in [0.717, 1.165) is 38.0 Å². The van der Waals surface area contributed by atoms with Gasteiger partial charge < -0.3 is 4.74 Å². The maximum Gasteiger partial charge on any atom is 0.123 e. The molecule has 2 unspecified atom stereocenters. The van der Waals surface area contributed by atoms with Crippen molar-refractivity contribution < 1.29 is 9.13 Å². The van der Waals surface area contributed by atoms with Crippen molar-refractivity contribution in [2.24, 2.45) is 10.9 Å². The van der Waals surface area contributed by atoms with E-state index in [2.05, 4.69) is 31.0 Å². The van der Waals surface area contributed by atoms with Crippen molar-refractivity contribution in [3.05, 3.63) is 71.5 Å². The van der Waals surface area contributed by atoms with E-state index in [1.54, 1.807) is 12.1 Å². The van der Waals surface area contributed by atoms with Gasteiger partial charge in [-0.3, -0.25) is 4.99 Å². The molecule has 138 valence electrons. The van der Waals surface area contributed by atoms with E-state index < -0.39 is 0 Å². The molecule has 0 spiro atoms. The maximum absolute atomic E-state index is 13.4. The summed E-state index contributed by atoms with van der Waals surface area (Å²) in [6.07, 6.45) is 4.98.